The largest absolute Gasteiger partial charge is 0.477 e. The molecule has 8 nitrogen and oxygen atoms in total. The zero-order valence-electron chi connectivity index (χ0n) is 32.3. The van der Waals surface area contributed by atoms with Crippen molar-refractivity contribution in [1.29, 1.82) is 0 Å². The summed E-state index contributed by atoms with van der Waals surface area (Å²) >= 11 is 0. The molecule has 0 aliphatic heterocycles. The van der Waals surface area contributed by atoms with Crippen LogP contribution in [0.1, 0.15) is 136 Å². The van der Waals surface area contributed by atoms with E-state index in [1.807, 2.05) is 51.5 Å². The van der Waals surface area contributed by atoms with Crippen LogP contribution < -0.4 is 0 Å². The molecule has 0 radical (unpaired) electrons. The highest BCUT2D eigenvalue weighted by Crippen LogP contribution is 2.12. The molecular formula is C42H72NO7+. The maximum atomic E-state index is 12.6. The quantitative estimate of drug-likeness (QED) is 0.0239. The van der Waals surface area contributed by atoms with E-state index >= 15 is 0 Å². The van der Waals surface area contributed by atoms with E-state index in [2.05, 4.69) is 44.2 Å². The lowest BCUT2D eigenvalue weighted by molar-refractivity contribution is -0.887. The van der Waals surface area contributed by atoms with Crippen LogP contribution in [0.3, 0.4) is 0 Å². The van der Waals surface area contributed by atoms with E-state index in [-0.39, 0.29) is 36.2 Å². The number of hydrogen-bond acceptors (Lipinski definition) is 6. The van der Waals surface area contributed by atoms with Crippen LogP contribution in [0.25, 0.3) is 0 Å². The Balaban J connectivity index is 4.47. The summed E-state index contributed by atoms with van der Waals surface area (Å²) in [7, 11) is 5.50. The highest BCUT2D eigenvalue weighted by molar-refractivity contribution is 5.72. The van der Waals surface area contributed by atoms with Crippen molar-refractivity contribution in [1.82, 2.24) is 0 Å². The Kier molecular flexibility index (Phi) is 31.2. The van der Waals surface area contributed by atoms with Crippen LogP contribution in [0.4, 0.5) is 0 Å². The number of allylic oxidation sites excluding steroid dienone is 10. The molecule has 0 bridgehead atoms. The number of carboxylic acid groups (broad SMARTS) is 1. The molecule has 50 heavy (non-hydrogen) atoms. The zero-order valence-corrected chi connectivity index (χ0v) is 32.3. The topological polar surface area (TPSA) is 99.1 Å². The Morgan fingerprint density at radius 2 is 1.14 bits per heavy atom. The van der Waals surface area contributed by atoms with Gasteiger partial charge in [-0.15, -0.1) is 0 Å². The molecule has 0 aromatic carbocycles. The number of nitrogens with zero attached hydrogens (tertiary/aromatic N) is 1. The van der Waals surface area contributed by atoms with Crippen molar-refractivity contribution in [2.24, 2.45) is 0 Å². The summed E-state index contributed by atoms with van der Waals surface area (Å²) in [5.74, 6) is -1.52. The average Bonchev–Trinajstić information content (AvgIpc) is 3.06. The molecule has 0 spiro atoms. The summed E-state index contributed by atoms with van der Waals surface area (Å²) in [6.07, 6.45) is 38.3. The number of hydrogen-bond donors (Lipinski definition) is 1. The van der Waals surface area contributed by atoms with Gasteiger partial charge in [0.25, 0.3) is 0 Å². The van der Waals surface area contributed by atoms with E-state index in [1.54, 1.807) is 0 Å². The Labute approximate surface area is 305 Å². The molecule has 2 unspecified atom stereocenters. The lowest BCUT2D eigenvalue weighted by Crippen LogP contribution is -2.50. The average molecular weight is 703 g/mol. The van der Waals surface area contributed by atoms with E-state index in [9.17, 15) is 19.5 Å². The van der Waals surface area contributed by atoms with Gasteiger partial charge in [-0.3, -0.25) is 9.59 Å². The number of carboxylic acids is 1. The molecular weight excluding hydrogens is 630 g/mol. The zero-order chi connectivity index (χ0) is 37.1. The summed E-state index contributed by atoms with van der Waals surface area (Å²) in [6.45, 7) is 4.50. The maximum Gasteiger partial charge on any atom is 0.362 e. The number of ether oxygens (including phenoxy) is 3. The first-order chi connectivity index (χ1) is 24.1. The van der Waals surface area contributed by atoms with Crippen LogP contribution in [0.15, 0.2) is 60.8 Å². The summed E-state index contributed by atoms with van der Waals surface area (Å²) in [6, 6.07) is -0.620. The predicted octanol–water partition coefficient (Wildman–Crippen LogP) is 9.85. The highest BCUT2D eigenvalue weighted by Gasteiger charge is 2.31. The van der Waals surface area contributed by atoms with E-state index < -0.39 is 18.1 Å². The third-order valence-corrected chi connectivity index (χ3v) is 8.25. The minimum absolute atomic E-state index is 0.0471. The van der Waals surface area contributed by atoms with Gasteiger partial charge in [0.2, 0.25) is 0 Å². The molecule has 0 heterocycles. The Hall–Kier alpha value is -2.97. The first-order valence-electron chi connectivity index (χ1n) is 19.4. The van der Waals surface area contributed by atoms with Gasteiger partial charge < -0.3 is 23.8 Å². The molecule has 0 aliphatic carbocycles. The monoisotopic (exact) mass is 703 g/mol. The van der Waals surface area contributed by atoms with Crippen molar-refractivity contribution in [2.75, 3.05) is 41.0 Å². The number of rotatable bonds is 33. The third-order valence-electron chi connectivity index (χ3n) is 8.25. The smallest absolute Gasteiger partial charge is 0.362 e. The van der Waals surface area contributed by atoms with Crippen LogP contribution in [0.2, 0.25) is 0 Å². The number of carbonyl (C=O) groups is 3. The standard InChI is InChI=1S/C42H71NO7/c1-6-8-10-12-14-16-18-19-20-21-23-24-26-28-30-32-40(44)49-37-38(36-48-35-34-39(42(46)47)43(3,4)5)50-41(45)33-31-29-27-25-22-17-15-13-11-9-7-2/h8,10,12-16,18-20,38-39H,6-7,9,11,17,21-37H2,1-5H3/p+1/b10-8+,14-12+,15-13+,18-16+,20-19+. The number of quaternary nitrogens is 1. The molecule has 0 aliphatic rings. The second kappa shape index (κ2) is 33.2. The highest BCUT2D eigenvalue weighted by atomic mass is 16.6. The van der Waals surface area contributed by atoms with E-state index in [0.29, 0.717) is 19.3 Å². The minimum atomic E-state index is -0.884. The van der Waals surface area contributed by atoms with Gasteiger partial charge in [0.15, 0.2) is 12.1 Å². The van der Waals surface area contributed by atoms with Gasteiger partial charge in [-0.1, -0.05) is 126 Å². The van der Waals surface area contributed by atoms with E-state index in [4.69, 9.17) is 14.2 Å². The first kappa shape index (κ1) is 47.0. The van der Waals surface area contributed by atoms with Gasteiger partial charge in [-0.05, 0) is 51.4 Å². The van der Waals surface area contributed by atoms with Gasteiger partial charge in [0.1, 0.15) is 6.61 Å². The molecule has 8 heteroatoms. The van der Waals surface area contributed by atoms with Crippen molar-refractivity contribution in [3.8, 4) is 0 Å². The van der Waals surface area contributed by atoms with Crippen LogP contribution >= 0.6 is 0 Å². The summed E-state index contributed by atoms with van der Waals surface area (Å²) in [5, 5.41) is 9.58. The predicted molar refractivity (Wildman–Crippen MR) is 206 cm³/mol. The molecule has 2 atom stereocenters. The van der Waals surface area contributed by atoms with Gasteiger partial charge in [0.05, 0.1) is 34.4 Å². The SMILES string of the molecule is CC/C=C/C=C/C=C/C=C/CCCCCCCC(=O)OCC(COCCC(C(=O)O)[N+](C)(C)C)OC(=O)CCCCCCC/C=C/CCCC. The second-order valence-electron chi connectivity index (χ2n) is 13.9. The van der Waals surface area contributed by atoms with Crippen LogP contribution in [-0.4, -0.2) is 80.6 Å². The van der Waals surface area contributed by atoms with Crippen molar-refractivity contribution < 1.29 is 38.2 Å². The number of aliphatic carboxylic acids is 1. The third kappa shape index (κ3) is 31.0. The number of likely N-dealkylation sites (N-methyl/N-ethyl adjacent to an activating group) is 1. The van der Waals surface area contributed by atoms with Crippen molar-refractivity contribution in [3.63, 3.8) is 0 Å². The fraction of sp³-hybridized carbons (Fsp3) is 0.690. The molecule has 0 saturated carbocycles. The first-order valence-corrected chi connectivity index (χ1v) is 19.4. The molecule has 0 rings (SSSR count). The molecule has 0 aromatic rings. The molecule has 286 valence electrons. The van der Waals surface area contributed by atoms with Crippen molar-refractivity contribution in [3.05, 3.63) is 60.8 Å². The molecule has 0 saturated heterocycles. The fourth-order valence-corrected chi connectivity index (χ4v) is 5.20. The van der Waals surface area contributed by atoms with E-state index in [0.717, 1.165) is 83.5 Å². The lowest BCUT2D eigenvalue weighted by Gasteiger charge is -2.31. The van der Waals surface area contributed by atoms with Crippen LogP contribution in [-0.2, 0) is 28.6 Å². The normalized spacial score (nSPS) is 13.7. The Morgan fingerprint density at radius 3 is 1.72 bits per heavy atom. The second-order valence-corrected chi connectivity index (χ2v) is 13.9. The van der Waals surface area contributed by atoms with Crippen molar-refractivity contribution in [2.45, 2.75) is 148 Å². The van der Waals surface area contributed by atoms with Gasteiger partial charge in [-0.2, -0.15) is 0 Å². The molecule has 0 fully saturated rings. The number of unbranched alkanes of at least 4 members (excludes halogenated alkanes) is 12. The summed E-state index contributed by atoms with van der Waals surface area (Å²) in [4.78, 5) is 36.8. The molecule has 0 aromatic heterocycles. The Bertz CT molecular complexity index is 1010. The lowest BCUT2D eigenvalue weighted by atomic mass is 10.1. The van der Waals surface area contributed by atoms with Crippen molar-refractivity contribution >= 4 is 17.9 Å². The van der Waals surface area contributed by atoms with Gasteiger partial charge in [0, 0.05) is 19.3 Å². The summed E-state index contributed by atoms with van der Waals surface area (Å²) in [5.41, 5.74) is 0. The Morgan fingerprint density at radius 1 is 0.620 bits per heavy atom. The van der Waals surface area contributed by atoms with Crippen LogP contribution in [0, 0.1) is 0 Å². The molecule has 0 amide bonds. The maximum absolute atomic E-state index is 12.6. The van der Waals surface area contributed by atoms with E-state index in [1.165, 1.54) is 19.3 Å². The minimum Gasteiger partial charge on any atom is -0.477 e. The van der Waals surface area contributed by atoms with Gasteiger partial charge >= 0.3 is 17.9 Å². The summed E-state index contributed by atoms with van der Waals surface area (Å²) < 4.78 is 17.2. The molecule has 1 N–H and O–H groups in total. The van der Waals surface area contributed by atoms with Gasteiger partial charge in [-0.25, -0.2) is 4.79 Å². The number of esters is 2. The fourth-order valence-electron chi connectivity index (χ4n) is 5.20. The number of carbonyl (C=O) groups excluding carboxylic acids is 2. The van der Waals surface area contributed by atoms with Crippen LogP contribution in [0.5, 0.6) is 0 Å².